The van der Waals surface area contributed by atoms with Crippen LogP contribution in [0.1, 0.15) is 11.1 Å². The van der Waals surface area contributed by atoms with Gasteiger partial charge in [-0.15, -0.1) is 0 Å². The van der Waals surface area contributed by atoms with Crippen LogP contribution in [-0.4, -0.2) is 0 Å². The first-order chi connectivity index (χ1) is 8.16. The fourth-order valence-corrected chi connectivity index (χ4v) is 1.79. The zero-order chi connectivity index (χ0) is 12.3. The molecular weight excluding hydrogens is 278 g/mol. The van der Waals surface area contributed by atoms with E-state index in [0.717, 1.165) is 21.3 Å². The molecule has 0 heterocycles. The second-order valence-corrected chi connectivity index (χ2v) is 4.82. The van der Waals surface area contributed by atoms with Gasteiger partial charge >= 0.3 is 0 Å². The Morgan fingerprint density at radius 2 is 1.82 bits per heavy atom. The number of benzene rings is 2. The van der Waals surface area contributed by atoms with Crippen molar-refractivity contribution in [2.45, 2.75) is 13.5 Å². The van der Waals surface area contributed by atoms with Gasteiger partial charge in [0.2, 0.25) is 0 Å². The quantitative estimate of drug-likeness (QED) is 0.870. The van der Waals surface area contributed by atoms with Crippen LogP contribution in [-0.2, 0) is 6.61 Å². The first-order valence-corrected chi connectivity index (χ1v) is 6.18. The maximum absolute atomic E-state index is 5.94. The third kappa shape index (κ3) is 3.01. The van der Waals surface area contributed by atoms with Crippen LogP contribution in [0, 0.1) is 6.92 Å². The zero-order valence-corrected chi connectivity index (χ0v) is 11.2. The number of rotatable bonds is 3. The summed E-state index contributed by atoms with van der Waals surface area (Å²) in [5, 5.41) is 0. The van der Waals surface area contributed by atoms with Gasteiger partial charge in [0, 0.05) is 4.47 Å². The minimum atomic E-state index is 0.529. The van der Waals surface area contributed by atoms with E-state index in [0.29, 0.717) is 12.3 Å². The van der Waals surface area contributed by atoms with Crippen molar-refractivity contribution in [3.8, 4) is 5.75 Å². The lowest BCUT2D eigenvalue weighted by Crippen LogP contribution is -1.99. The van der Waals surface area contributed by atoms with Crippen LogP contribution in [0.4, 0.5) is 5.69 Å². The van der Waals surface area contributed by atoms with E-state index < -0.39 is 0 Å². The van der Waals surface area contributed by atoms with Crippen molar-refractivity contribution in [2.24, 2.45) is 0 Å². The summed E-state index contributed by atoms with van der Waals surface area (Å²) >= 11 is 3.40. The molecule has 0 bridgehead atoms. The third-order valence-corrected chi connectivity index (χ3v) is 3.12. The van der Waals surface area contributed by atoms with Crippen LogP contribution in [0.25, 0.3) is 0 Å². The molecule has 0 aliphatic heterocycles. The van der Waals surface area contributed by atoms with Gasteiger partial charge in [-0.1, -0.05) is 40.2 Å². The van der Waals surface area contributed by atoms with Crippen LogP contribution in [0.3, 0.4) is 0 Å². The monoisotopic (exact) mass is 291 g/mol. The molecule has 0 radical (unpaired) electrons. The van der Waals surface area contributed by atoms with Crippen molar-refractivity contribution < 1.29 is 4.74 Å². The van der Waals surface area contributed by atoms with E-state index in [2.05, 4.69) is 15.9 Å². The molecule has 2 aromatic rings. The summed E-state index contributed by atoms with van der Waals surface area (Å²) in [5.41, 5.74) is 8.81. The van der Waals surface area contributed by atoms with Crippen LogP contribution < -0.4 is 10.5 Å². The fraction of sp³-hybridized carbons (Fsp3) is 0.143. The molecule has 17 heavy (non-hydrogen) atoms. The number of para-hydroxylation sites is 1. The Kier molecular flexibility index (Phi) is 3.69. The molecule has 2 aromatic carbocycles. The van der Waals surface area contributed by atoms with E-state index in [1.807, 2.05) is 49.4 Å². The standard InChI is InChI=1S/C14H14BrNO/c1-10-3-2-4-13(14(10)16)17-9-11-5-7-12(15)8-6-11/h2-8H,9,16H2,1H3. The molecule has 0 saturated carbocycles. The molecule has 2 nitrogen and oxygen atoms in total. The fourth-order valence-electron chi connectivity index (χ4n) is 1.52. The van der Waals surface area contributed by atoms with Crippen LogP contribution in [0.15, 0.2) is 46.9 Å². The van der Waals surface area contributed by atoms with Gasteiger partial charge in [-0.25, -0.2) is 0 Å². The highest BCUT2D eigenvalue weighted by Gasteiger charge is 2.02. The SMILES string of the molecule is Cc1cccc(OCc2ccc(Br)cc2)c1N. The molecule has 0 aromatic heterocycles. The van der Waals surface area contributed by atoms with Crippen LogP contribution in [0.5, 0.6) is 5.75 Å². The summed E-state index contributed by atoms with van der Waals surface area (Å²) in [6.07, 6.45) is 0. The number of nitrogen functional groups attached to an aromatic ring is 1. The molecule has 3 heteroatoms. The second kappa shape index (κ2) is 5.23. The summed E-state index contributed by atoms with van der Waals surface area (Å²) in [4.78, 5) is 0. The van der Waals surface area contributed by atoms with Crippen molar-refractivity contribution in [1.82, 2.24) is 0 Å². The largest absolute Gasteiger partial charge is 0.487 e. The number of anilines is 1. The summed E-state index contributed by atoms with van der Waals surface area (Å²) < 4.78 is 6.77. The maximum Gasteiger partial charge on any atom is 0.142 e. The van der Waals surface area contributed by atoms with Gasteiger partial charge < -0.3 is 10.5 Å². The molecule has 0 amide bonds. The summed E-state index contributed by atoms with van der Waals surface area (Å²) in [6.45, 7) is 2.50. The lowest BCUT2D eigenvalue weighted by atomic mass is 10.2. The number of ether oxygens (including phenoxy) is 1. The number of hydrogen-bond acceptors (Lipinski definition) is 2. The smallest absolute Gasteiger partial charge is 0.142 e. The van der Waals surface area contributed by atoms with E-state index in [-0.39, 0.29) is 0 Å². The Hall–Kier alpha value is -1.48. The average Bonchev–Trinajstić information content (AvgIpc) is 2.33. The molecule has 0 aliphatic rings. The van der Waals surface area contributed by atoms with Crippen molar-refractivity contribution in [2.75, 3.05) is 5.73 Å². The Morgan fingerprint density at radius 1 is 1.12 bits per heavy atom. The third-order valence-electron chi connectivity index (χ3n) is 2.59. The van der Waals surface area contributed by atoms with Gasteiger partial charge in [0.1, 0.15) is 12.4 Å². The number of aryl methyl sites for hydroxylation is 1. The van der Waals surface area contributed by atoms with Gasteiger partial charge in [-0.05, 0) is 36.2 Å². The molecule has 2 N–H and O–H groups in total. The van der Waals surface area contributed by atoms with E-state index in [1.165, 1.54) is 0 Å². The molecule has 2 rings (SSSR count). The highest BCUT2D eigenvalue weighted by Crippen LogP contribution is 2.25. The predicted octanol–water partition coefficient (Wildman–Crippen LogP) is 3.92. The highest BCUT2D eigenvalue weighted by atomic mass is 79.9. The molecule has 0 aliphatic carbocycles. The van der Waals surface area contributed by atoms with Gasteiger partial charge in [0.25, 0.3) is 0 Å². The number of halogens is 1. The maximum atomic E-state index is 5.94. The van der Waals surface area contributed by atoms with Gasteiger partial charge in [0.05, 0.1) is 5.69 Å². The Bertz CT molecular complexity index is 508. The lowest BCUT2D eigenvalue weighted by molar-refractivity contribution is 0.308. The number of nitrogens with two attached hydrogens (primary N) is 1. The number of hydrogen-bond donors (Lipinski definition) is 1. The zero-order valence-electron chi connectivity index (χ0n) is 9.61. The van der Waals surface area contributed by atoms with Gasteiger partial charge in [-0.2, -0.15) is 0 Å². The van der Waals surface area contributed by atoms with Crippen LogP contribution >= 0.6 is 15.9 Å². The van der Waals surface area contributed by atoms with E-state index in [1.54, 1.807) is 0 Å². The van der Waals surface area contributed by atoms with Crippen molar-refractivity contribution in [3.63, 3.8) is 0 Å². The average molecular weight is 292 g/mol. The predicted molar refractivity (Wildman–Crippen MR) is 74.1 cm³/mol. The van der Waals surface area contributed by atoms with Gasteiger partial charge in [-0.3, -0.25) is 0 Å². The molecule has 0 fully saturated rings. The minimum absolute atomic E-state index is 0.529. The van der Waals surface area contributed by atoms with E-state index in [9.17, 15) is 0 Å². The minimum Gasteiger partial charge on any atom is -0.487 e. The Labute approximate surface area is 110 Å². The van der Waals surface area contributed by atoms with Crippen molar-refractivity contribution in [3.05, 3.63) is 58.1 Å². The molecule has 0 spiro atoms. The highest BCUT2D eigenvalue weighted by molar-refractivity contribution is 9.10. The van der Waals surface area contributed by atoms with Crippen molar-refractivity contribution >= 4 is 21.6 Å². The molecule has 88 valence electrons. The second-order valence-electron chi connectivity index (χ2n) is 3.90. The summed E-state index contributed by atoms with van der Waals surface area (Å²) in [6, 6.07) is 13.9. The van der Waals surface area contributed by atoms with Crippen LogP contribution in [0.2, 0.25) is 0 Å². The van der Waals surface area contributed by atoms with E-state index in [4.69, 9.17) is 10.5 Å². The Morgan fingerprint density at radius 3 is 2.53 bits per heavy atom. The van der Waals surface area contributed by atoms with Crippen molar-refractivity contribution in [1.29, 1.82) is 0 Å². The molecule has 0 unspecified atom stereocenters. The molecule has 0 saturated heterocycles. The first kappa shape index (κ1) is 12.0. The normalized spacial score (nSPS) is 10.2. The Balaban J connectivity index is 2.07. The summed E-state index contributed by atoms with van der Waals surface area (Å²) in [5.74, 6) is 0.743. The lowest BCUT2D eigenvalue weighted by Gasteiger charge is -2.10. The molecule has 0 atom stereocenters. The molecular formula is C14H14BrNO. The summed E-state index contributed by atoms with van der Waals surface area (Å²) in [7, 11) is 0. The van der Waals surface area contributed by atoms with E-state index >= 15 is 0 Å². The topological polar surface area (TPSA) is 35.2 Å². The first-order valence-electron chi connectivity index (χ1n) is 5.39. The van der Waals surface area contributed by atoms with Gasteiger partial charge in [0.15, 0.2) is 0 Å².